The molecule has 1 rings (SSSR count). The molecule has 16 heavy (non-hydrogen) atoms. The molecule has 0 amide bonds. The van der Waals surface area contributed by atoms with Crippen LogP contribution in [0.15, 0.2) is 30.8 Å². The smallest absolute Gasteiger partial charge is 0.0721 e. The summed E-state index contributed by atoms with van der Waals surface area (Å²) in [6, 6.07) is 8.25. The molecular weight excluding hydrogens is 210 g/mol. The SMILES string of the molecule is C=C(c1ccccc1[Si])N(CC)CCCC. The third-order valence-electron chi connectivity index (χ3n) is 2.78. The van der Waals surface area contributed by atoms with Crippen molar-refractivity contribution in [2.24, 2.45) is 0 Å². The van der Waals surface area contributed by atoms with Crippen LogP contribution < -0.4 is 5.19 Å². The summed E-state index contributed by atoms with van der Waals surface area (Å²) >= 11 is 0. The van der Waals surface area contributed by atoms with Gasteiger partial charge in [-0.3, -0.25) is 0 Å². The zero-order valence-electron chi connectivity index (χ0n) is 10.3. The Kier molecular flexibility index (Phi) is 5.33. The Balaban J connectivity index is 2.79. The fourth-order valence-corrected chi connectivity index (χ4v) is 2.06. The van der Waals surface area contributed by atoms with Crippen molar-refractivity contribution in [3.05, 3.63) is 36.4 Å². The van der Waals surface area contributed by atoms with Gasteiger partial charge in [0, 0.05) is 18.8 Å². The predicted octanol–water partition coefficient (Wildman–Crippen LogP) is 2.57. The van der Waals surface area contributed by atoms with Gasteiger partial charge in [0.05, 0.1) is 10.2 Å². The quantitative estimate of drug-likeness (QED) is 0.679. The highest BCUT2D eigenvalue weighted by Gasteiger charge is 2.08. The molecule has 0 fully saturated rings. The summed E-state index contributed by atoms with van der Waals surface area (Å²) in [6.07, 6.45) is 2.44. The summed E-state index contributed by atoms with van der Waals surface area (Å²) in [6.45, 7) is 10.7. The van der Waals surface area contributed by atoms with Crippen LogP contribution in [0.1, 0.15) is 32.3 Å². The van der Waals surface area contributed by atoms with E-state index in [0.717, 1.165) is 24.0 Å². The van der Waals surface area contributed by atoms with Crippen molar-refractivity contribution in [1.82, 2.24) is 4.90 Å². The maximum absolute atomic E-state index is 4.20. The standard InChI is InChI=1S/C14H20NSi/c1-4-6-11-15(5-2)12(3)13-9-7-8-10-14(13)16/h7-10H,3-6,11H2,1-2H3. The molecule has 85 valence electrons. The molecule has 0 saturated carbocycles. The largest absolute Gasteiger partial charge is 0.372 e. The van der Waals surface area contributed by atoms with Gasteiger partial charge in [-0.05, 0) is 18.9 Å². The van der Waals surface area contributed by atoms with E-state index >= 15 is 0 Å². The van der Waals surface area contributed by atoms with Gasteiger partial charge in [0.25, 0.3) is 0 Å². The Bertz CT molecular complexity index is 346. The lowest BCUT2D eigenvalue weighted by atomic mass is 10.1. The van der Waals surface area contributed by atoms with Gasteiger partial charge in [0.1, 0.15) is 0 Å². The Morgan fingerprint density at radius 1 is 1.31 bits per heavy atom. The fourth-order valence-electron chi connectivity index (χ4n) is 1.74. The van der Waals surface area contributed by atoms with Gasteiger partial charge in [0.15, 0.2) is 0 Å². The third-order valence-corrected chi connectivity index (χ3v) is 3.22. The number of hydrogen-bond acceptors (Lipinski definition) is 1. The summed E-state index contributed by atoms with van der Waals surface area (Å²) in [5, 5.41) is 1.11. The van der Waals surface area contributed by atoms with Gasteiger partial charge in [-0.2, -0.15) is 0 Å². The molecule has 2 heteroatoms. The molecule has 1 nitrogen and oxygen atoms in total. The van der Waals surface area contributed by atoms with Crippen molar-refractivity contribution in [1.29, 1.82) is 0 Å². The maximum Gasteiger partial charge on any atom is 0.0721 e. The highest BCUT2D eigenvalue weighted by atomic mass is 28.1. The molecule has 0 aliphatic heterocycles. The second-order valence-electron chi connectivity index (χ2n) is 3.93. The second kappa shape index (κ2) is 6.54. The third kappa shape index (κ3) is 3.24. The molecule has 1 aromatic rings. The van der Waals surface area contributed by atoms with Crippen molar-refractivity contribution in [2.45, 2.75) is 26.7 Å². The van der Waals surface area contributed by atoms with Crippen molar-refractivity contribution < 1.29 is 0 Å². The topological polar surface area (TPSA) is 3.24 Å². The van der Waals surface area contributed by atoms with Crippen LogP contribution >= 0.6 is 0 Å². The minimum Gasteiger partial charge on any atom is -0.372 e. The minimum absolute atomic E-state index is 1.01. The number of benzene rings is 1. The second-order valence-corrected chi connectivity index (χ2v) is 4.46. The van der Waals surface area contributed by atoms with Crippen molar-refractivity contribution in [3.8, 4) is 0 Å². The first kappa shape index (κ1) is 13.0. The maximum atomic E-state index is 4.20. The number of unbranched alkanes of at least 4 members (excludes halogenated alkanes) is 1. The van der Waals surface area contributed by atoms with E-state index in [-0.39, 0.29) is 0 Å². The minimum atomic E-state index is 1.01. The van der Waals surface area contributed by atoms with E-state index in [4.69, 9.17) is 0 Å². The van der Waals surface area contributed by atoms with E-state index in [1.807, 2.05) is 6.07 Å². The van der Waals surface area contributed by atoms with E-state index < -0.39 is 0 Å². The first-order valence-electron chi connectivity index (χ1n) is 5.95. The predicted molar refractivity (Wildman–Crippen MR) is 73.0 cm³/mol. The average molecular weight is 230 g/mol. The molecule has 0 spiro atoms. The number of rotatable bonds is 6. The summed E-state index contributed by atoms with van der Waals surface area (Å²) in [7, 11) is 3.63. The molecule has 0 heterocycles. The molecule has 0 bridgehead atoms. The zero-order valence-corrected chi connectivity index (χ0v) is 11.3. The van der Waals surface area contributed by atoms with Gasteiger partial charge >= 0.3 is 0 Å². The van der Waals surface area contributed by atoms with Crippen LogP contribution in [-0.2, 0) is 0 Å². The van der Waals surface area contributed by atoms with Crippen LogP contribution in [0.3, 0.4) is 0 Å². The first-order chi connectivity index (χ1) is 7.70. The van der Waals surface area contributed by atoms with Gasteiger partial charge in [-0.15, -0.1) is 0 Å². The van der Waals surface area contributed by atoms with Gasteiger partial charge in [-0.25, -0.2) is 0 Å². The van der Waals surface area contributed by atoms with E-state index in [2.05, 4.69) is 53.8 Å². The zero-order chi connectivity index (χ0) is 12.0. The highest BCUT2D eigenvalue weighted by Crippen LogP contribution is 2.15. The van der Waals surface area contributed by atoms with Crippen LogP contribution in [0.5, 0.6) is 0 Å². The highest BCUT2D eigenvalue weighted by molar-refractivity contribution is 6.34. The molecule has 0 atom stereocenters. The molecular formula is C14H20NSi. The molecule has 0 N–H and O–H groups in total. The van der Waals surface area contributed by atoms with E-state index in [1.165, 1.54) is 18.4 Å². The van der Waals surface area contributed by atoms with E-state index in [0.29, 0.717) is 0 Å². The van der Waals surface area contributed by atoms with Crippen LogP contribution in [0.25, 0.3) is 5.70 Å². The van der Waals surface area contributed by atoms with E-state index in [9.17, 15) is 0 Å². The van der Waals surface area contributed by atoms with Crippen LogP contribution in [0, 0.1) is 0 Å². The average Bonchev–Trinajstić information content (AvgIpc) is 2.30. The summed E-state index contributed by atoms with van der Waals surface area (Å²) in [5.41, 5.74) is 2.30. The molecule has 3 radical (unpaired) electrons. The van der Waals surface area contributed by atoms with Gasteiger partial charge in [-0.1, -0.05) is 49.4 Å². The Morgan fingerprint density at radius 3 is 2.56 bits per heavy atom. The Morgan fingerprint density at radius 2 is 2.00 bits per heavy atom. The molecule has 0 aliphatic carbocycles. The van der Waals surface area contributed by atoms with E-state index in [1.54, 1.807) is 0 Å². The number of hydrogen-bond donors (Lipinski definition) is 0. The monoisotopic (exact) mass is 230 g/mol. The molecule has 0 unspecified atom stereocenters. The Labute approximate surface area is 103 Å². The van der Waals surface area contributed by atoms with Crippen molar-refractivity contribution in [3.63, 3.8) is 0 Å². The van der Waals surface area contributed by atoms with Gasteiger partial charge in [0.2, 0.25) is 0 Å². The lowest BCUT2D eigenvalue weighted by molar-refractivity contribution is 0.408. The van der Waals surface area contributed by atoms with Gasteiger partial charge < -0.3 is 4.90 Å². The molecule has 1 aromatic carbocycles. The summed E-state index contributed by atoms with van der Waals surface area (Å²) < 4.78 is 0. The lowest BCUT2D eigenvalue weighted by Gasteiger charge is -2.26. The van der Waals surface area contributed by atoms with Crippen molar-refractivity contribution in [2.75, 3.05) is 13.1 Å². The molecule has 0 aromatic heterocycles. The molecule has 0 saturated heterocycles. The fraction of sp³-hybridized carbons (Fsp3) is 0.429. The summed E-state index contributed by atoms with van der Waals surface area (Å²) in [5.74, 6) is 0. The lowest BCUT2D eigenvalue weighted by Crippen LogP contribution is -2.25. The number of nitrogens with zero attached hydrogens (tertiary/aromatic N) is 1. The van der Waals surface area contributed by atoms with Crippen LogP contribution in [-0.4, -0.2) is 28.2 Å². The first-order valence-corrected chi connectivity index (χ1v) is 6.45. The van der Waals surface area contributed by atoms with Crippen LogP contribution in [0.2, 0.25) is 0 Å². The summed E-state index contributed by atoms with van der Waals surface area (Å²) in [4.78, 5) is 2.34. The Hall–Kier alpha value is -1.02. The van der Waals surface area contributed by atoms with Crippen LogP contribution in [0.4, 0.5) is 0 Å². The van der Waals surface area contributed by atoms with Crippen molar-refractivity contribution >= 4 is 21.1 Å². The molecule has 0 aliphatic rings. The normalized spacial score (nSPS) is 10.2.